The first-order chi connectivity index (χ1) is 12.6. The van der Waals surface area contributed by atoms with E-state index in [1.54, 1.807) is 50.4 Å². The van der Waals surface area contributed by atoms with E-state index >= 15 is 0 Å². The molecule has 3 rings (SSSR count). The summed E-state index contributed by atoms with van der Waals surface area (Å²) in [6, 6.07) is 15.1. The number of hydrogen-bond acceptors (Lipinski definition) is 5. The Hall–Kier alpha value is -3.28. The van der Waals surface area contributed by atoms with Gasteiger partial charge >= 0.3 is 5.97 Å². The summed E-state index contributed by atoms with van der Waals surface area (Å²) in [5.41, 5.74) is 1.18. The molecule has 1 aliphatic heterocycles. The Kier molecular flexibility index (Phi) is 4.93. The van der Waals surface area contributed by atoms with E-state index in [0.717, 1.165) is 0 Å². The number of aliphatic hydroxyl groups excluding tert-OH is 1. The van der Waals surface area contributed by atoms with Crippen LogP contribution in [0.25, 0.3) is 0 Å². The van der Waals surface area contributed by atoms with Crippen molar-refractivity contribution in [1.82, 2.24) is 0 Å². The van der Waals surface area contributed by atoms with Crippen LogP contribution in [0.5, 0.6) is 5.75 Å². The van der Waals surface area contributed by atoms with Crippen LogP contribution in [0.2, 0.25) is 0 Å². The standard InChI is InChI=1S/C20H19NO5/c1-3-26-20(24)16-17(13-7-5-4-6-8-13)21(19(23)18(16)22)14-9-11-15(25-2)12-10-14/h4-12,17,22H,3H2,1-2H3. The quantitative estimate of drug-likeness (QED) is 0.836. The molecule has 0 aliphatic carbocycles. The highest BCUT2D eigenvalue weighted by Crippen LogP contribution is 2.41. The number of esters is 1. The first-order valence-electron chi connectivity index (χ1n) is 8.21. The highest BCUT2D eigenvalue weighted by molar-refractivity contribution is 6.15. The van der Waals surface area contributed by atoms with Crippen LogP contribution >= 0.6 is 0 Å². The molecule has 1 amide bonds. The van der Waals surface area contributed by atoms with Gasteiger partial charge in [-0.25, -0.2) is 4.79 Å². The predicted molar refractivity (Wildman–Crippen MR) is 96.0 cm³/mol. The van der Waals surface area contributed by atoms with Gasteiger partial charge in [0, 0.05) is 5.69 Å². The molecule has 2 aromatic carbocycles. The Morgan fingerprint density at radius 1 is 1.12 bits per heavy atom. The number of rotatable bonds is 5. The third kappa shape index (κ3) is 3.01. The van der Waals surface area contributed by atoms with Crippen molar-refractivity contribution in [2.24, 2.45) is 0 Å². The molecule has 1 unspecified atom stereocenters. The van der Waals surface area contributed by atoms with Crippen LogP contribution in [0.4, 0.5) is 5.69 Å². The maximum Gasteiger partial charge on any atom is 0.340 e. The van der Waals surface area contributed by atoms with E-state index in [9.17, 15) is 14.7 Å². The number of carbonyl (C=O) groups excluding carboxylic acids is 2. The van der Waals surface area contributed by atoms with Crippen molar-refractivity contribution in [1.29, 1.82) is 0 Å². The fourth-order valence-corrected chi connectivity index (χ4v) is 2.98. The molecule has 0 spiro atoms. The maximum atomic E-state index is 12.7. The second-order valence-corrected chi connectivity index (χ2v) is 5.67. The summed E-state index contributed by atoms with van der Waals surface area (Å²) in [7, 11) is 1.55. The Morgan fingerprint density at radius 2 is 1.77 bits per heavy atom. The molecule has 0 bridgehead atoms. The molecule has 1 aliphatic rings. The van der Waals surface area contributed by atoms with Gasteiger partial charge in [0.25, 0.3) is 5.91 Å². The van der Waals surface area contributed by atoms with Crippen LogP contribution in [0.1, 0.15) is 18.5 Å². The molecule has 6 heteroatoms. The highest BCUT2D eigenvalue weighted by atomic mass is 16.5. The Labute approximate surface area is 151 Å². The first kappa shape index (κ1) is 17.5. The van der Waals surface area contributed by atoms with E-state index < -0.39 is 23.7 Å². The average Bonchev–Trinajstić information content (AvgIpc) is 2.94. The number of hydrogen-bond donors (Lipinski definition) is 1. The average molecular weight is 353 g/mol. The lowest BCUT2D eigenvalue weighted by Crippen LogP contribution is -2.31. The van der Waals surface area contributed by atoms with E-state index in [2.05, 4.69) is 0 Å². The number of methoxy groups -OCH3 is 1. The van der Waals surface area contributed by atoms with Gasteiger partial charge in [0.15, 0.2) is 5.76 Å². The number of anilines is 1. The largest absolute Gasteiger partial charge is 0.503 e. The van der Waals surface area contributed by atoms with Gasteiger partial charge < -0.3 is 14.6 Å². The van der Waals surface area contributed by atoms with E-state index in [1.165, 1.54) is 4.90 Å². The Bertz CT molecular complexity index is 842. The molecular weight excluding hydrogens is 334 g/mol. The summed E-state index contributed by atoms with van der Waals surface area (Å²) in [4.78, 5) is 26.6. The molecule has 1 N–H and O–H groups in total. The molecule has 2 aromatic rings. The molecule has 26 heavy (non-hydrogen) atoms. The zero-order valence-corrected chi connectivity index (χ0v) is 14.5. The van der Waals surface area contributed by atoms with Crippen LogP contribution in [0.3, 0.4) is 0 Å². The number of ether oxygens (including phenoxy) is 2. The van der Waals surface area contributed by atoms with E-state index in [4.69, 9.17) is 9.47 Å². The minimum atomic E-state index is -0.767. The van der Waals surface area contributed by atoms with Gasteiger partial charge in [-0.3, -0.25) is 9.69 Å². The van der Waals surface area contributed by atoms with Crippen LogP contribution in [-0.2, 0) is 14.3 Å². The van der Waals surface area contributed by atoms with Crippen molar-refractivity contribution in [3.05, 3.63) is 71.5 Å². The number of aliphatic hydroxyl groups is 1. The molecule has 0 aromatic heterocycles. The van der Waals surface area contributed by atoms with Gasteiger partial charge in [0.1, 0.15) is 11.3 Å². The highest BCUT2D eigenvalue weighted by Gasteiger charge is 2.45. The number of benzene rings is 2. The SMILES string of the molecule is CCOC(=O)C1=C(O)C(=O)N(c2ccc(OC)cc2)C1c1ccccc1. The van der Waals surface area contributed by atoms with Crippen molar-refractivity contribution in [2.45, 2.75) is 13.0 Å². The van der Waals surface area contributed by atoms with Crippen molar-refractivity contribution >= 4 is 17.6 Å². The minimum absolute atomic E-state index is 0.0566. The lowest BCUT2D eigenvalue weighted by atomic mass is 9.99. The molecule has 1 heterocycles. The van der Waals surface area contributed by atoms with Crippen molar-refractivity contribution in [3.63, 3.8) is 0 Å². The summed E-state index contributed by atoms with van der Waals surface area (Å²) in [6.45, 7) is 1.82. The Balaban J connectivity index is 2.11. The van der Waals surface area contributed by atoms with Crippen LogP contribution in [-0.4, -0.2) is 30.7 Å². The molecule has 6 nitrogen and oxygen atoms in total. The zero-order chi connectivity index (χ0) is 18.7. The molecule has 0 radical (unpaired) electrons. The van der Waals surface area contributed by atoms with E-state index in [-0.39, 0.29) is 12.2 Å². The Morgan fingerprint density at radius 3 is 2.35 bits per heavy atom. The number of carbonyl (C=O) groups is 2. The second kappa shape index (κ2) is 7.31. The van der Waals surface area contributed by atoms with Gasteiger partial charge in [-0.2, -0.15) is 0 Å². The van der Waals surface area contributed by atoms with Gasteiger partial charge in [0.05, 0.1) is 19.8 Å². The fraction of sp³-hybridized carbons (Fsp3) is 0.200. The molecule has 134 valence electrons. The molecular formula is C20H19NO5. The zero-order valence-electron chi connectivity index (χ0n) is 14.5. The number of nitrogens with zero attached hydrogens (tertiary/aromatic N) is 1. The van der Waals surface area contributed by atoms with Crippen molar-refractivity contribution in [3.8, 4) is 5.75 Å². The lowest BCUT2D eigenvalue weighted by molar-refractivity contribution is -0.139. The molecule has 0 saturated carbocycles. The normalized spacial score (nSPS) is 16.8. The topological polar surface area (TPSA) is 76.1 Å². The fourth-order valence-electron chi connectivity index (χ4n) is 2.98. The lowest BCUT2D eigenvalue weighted by Gasteiger charge is -2.26. The van der Waals surface area contributed by atoms with Crippen molar-refractivity contribution < 1.29 is 24.2 Å². The summed E-state index contributed by atoms with van der Waals surface area (Å²) in [5, 5.41) is 10.4. The summed E-state index contributed by atoms with van der Waals surface area (Å²) < 4.78 is 10.2. The minimum Gasteiger partial charge on any atom is -0.503 e. The predicted octanol–water partition coefficient (Wildman–Crippen LogP) is 3.16. The van der Waals surface area contributed by atoms with Crippen LogP contribution < -0.4 is 9.64 Å². The van der Waals surface area contributed by atoms with Crippen LogP contribution in [0, 0.1) is 0 Å². The van der Waals surface area contributed by atoms with Gasteiger partial charge in [0.2, 0.25) is 0 Å². The third-order valence-electron chi connectivity index (χ3n) is 4.17. The maximum absolute atomic E-state index is 12.7. The molecule has 0 saturated heterocycles. The summed E-state index contributed by atoms with van der Waals surface area (Å²) in [5.74, 6) is -1.30. The van der Waals surface area contributed by atoms with Gasteiger partial charge in [-0.1, -0.05) is 30.3 Å². The molecule has 0 fully saturated rings. The van der Waals surface area contributed by atoms with Gasteiger partial charge in [-0.15, -0.1) is 0 Å². The van der Waals surface area contributed by atoms with Crippen molar-refractivity contribution in [2.75, 3.05) is 18.6 Å². The van der Waals surface area contributed by atoms with Crippen LogP contribution in [0.15, 0.2) is 65.9 Å². The van der Waals surface area contributed by atoms with E-state index in [0.29, 0.717) is 17.0 Å². The van der Waals surface area contributed by atoms with E-state index in [1.807, 2.05) is 18.2 Å². The number of amides is 1. The molecule has 1 atom stereocenters. The first-order valence-corrected chi connectivity index (χ1v) is 8.21. The third-order valence-corrected chi connectivity index (χ3v) is 4.17. The van der Waals surface area contributed by atoms with Gasteiger partial charge in [-0.05, 0) is 36.8 Å². The summed E-state index contributed by atoms with van der Waals surface area (Å²) in [6.07, 6.45) is 0. The smallest absolute Gasteiger partial charge is 0.340 e. The summed E-state index contributed by atoms with van der Waals surface area (Å²) >= 11 is 0. The monoisotopic (exact) mass is 353 g/mol. The second-order valence-electron chi connectivity index (χ2n) is 5.67.